The van der Waals surface area contributed by atoms with Crippen LogP contribution in [-0.2, 0) is 26.6 Å². The Morgan fingerprint density at radius 2 is 1.83 bits per heavy atom. The van der Waals surface area contributed by atoms with Crippen molar-refractivity contribution in [1.82, 2.24) is 5.32 Å². The molecule has 0 amide bonds. The number of nitrogens with one attached hydrogen (secondary N) is 1. The SMILES string of the molecule is NS(=O)(=O)CCCNCc1ccc(S(N)(=O)=O)o1. The van der Waals surface area contributed by atoms with Gasteiger partial charge in [0.15, 0.2) is 0 Å². The largest absolute Gasteiger partial charge is 0.447 e. The van der Waals surface area contributed by atoms with Crippen LogP contribution in [0.3, 0.4) is 0 Å². The van der Waals surface area contributed by atoms with E-state index in [4.69, 9.17) is 14.7 Å². The third-order valence-electron chi connectivity index (χ3n) is 2.00. The van der Waals surface area contributed by atoms with Crippen molar-refractivity contribution in [3.8, 4) is 0 Å². The van der Waals surface area contributed by atoms with E-state index in [2.05, 4.69) is 5.32 Å². The molecule has 18 heavy (non-hydrogen) atoms. The Balaban J connectivity index is 2.35. The maximum Gasteiger partial charge on any atom is 0.271 e. The Morgan fingerprint density at radius 1 is 1.17 bits per heavy atom. The lowest BCUT2D eigenvalue weighted by molar-refractivity contribution is 0.402. The van der Waals surface area contributed by atoms with Gasteiger partial charge < -0.3 is 9.73 Å². The van der Waals surface area contributed by atoms with Crippen molar-refractivity contribution in [2.45, 2.75) is 18.1 Å². The van der Waals surface area contributed by atoms with Gasteiger partial charge in [-0.05, 0) is 25.1 Å². The third kappa shape index (κ3) is 5.60. The van der Waals surface area contributed by atoms with Crippen molar-refractivity contribution in [3.05, 3.63) is 17.9 Å². The molecule has 1 aromatic heterocycles. The summed E-state index contributed by atoms with van der Waals surface area (Å²) in [6, 6.07) is 2.74. The zero-order valence-corrected chi connectivity index (χ0v) is 11.1. The van der Waals surface area contributed by atoms with Crippen molar-refractivity contribution in [2.24, 2.45) is 10.3 Å². The van der Waals surface area contributed by atoms with Gasteiger partial charge in [-0.25, -0.2) is 27.1 Å². The van der Waals surface area contributed by atoms with Crippen LogP contribution in [0.2, 0.25) is 0 Å². The first-order valence-electron chi connectivity index (χ1n) is 5.01. The normalized spacial score (nSPS) is 12.8. The molecule has 0 unspecified atom stereocenters. The summed E-state index contributed by atoms with van der Waals surface area (Å²) in [5.41, 5.74) is 0. The zero-order valence-electron chi connectivity index (χ0n) is 9.50. The van der Waals surface area contributed by atoms with E-state index in [1.165, 1.54) is 12.1 Å². The van der Waals surface area contributed by atoms with Gasteiger partial charge in [0.05, 0.1) is 12.3 Å². The van der Waals surface area contributed by atoms with E-state index in [0.717, 1.165) is 0 Å². The monoisotopic (exact) mass is 297 g/mol. The Bertz CT molecular complexity index is 590. The summed E-state index contributed by atoms with van der Waals surface area (Å²) in [6.07, 6.45) is 0.363. The second-order valence-corrected chi connectivity index (χ2v) is 6.89. The number of furan rings is 1. The van der Waals surface area contributed by atoms with Crippen LogP contribution in [0, 0.1) is 0 Å². The average molecular weight is 297 g/mol. The second kappa shape index (κ2) is 5.80. The van der Waals surface area contributed by atoms with Crippen molar-refractivity contribution in [1.29, 1.82) is 0 Å². The van der Waals surface area contributed by atoms with E-state index < -0.39 is 20.0 Å². The smallest absolute Gasteiger partial charge is 0.271 e. The van der Waals surface area contributed by atoms with Crippen LogP contribution in [0.1, 0.15) is 12.2 Å². The Labute approximate surface area is 105 Å². The van der Waals surface area contributed by atoms with Gasteiger partial charge in [-0.1, -0.05) is 0 Å². The molecule has 0 aliphatic rings. The Morgan fingerprint density at radius 3 is 2.33 bits per heavy atom. The predicted octanol–water partition coefficient (Wildman–Crippen LogP) is -1.30. The van der Waals surface area contributed by atoms with E-state index >= 15 is 0 Å². The van der Waals surface area contributed by atoms with Crippen LogP contribution < -0.4 is 15.6 Å². The summed E-state index contributed by atoms with van der Waals surface area (Å²) in [6.45, 7) is 0.696. The highest BCUT2D eigenvalue weighted by Crippen LogP contribution is 2.11. The van der Waals surface area contributed by atoms with Gasteiger partial charge in [0.1, 0.15) is 5.76 Å². The molecule has 1 heterocycles. The Hall–Kier alpha value is -0.940. The summed E-state index contributed by atoms with van der Waals surface area (Å²) >= 11 is 0. The Kier molecular flexibility index (Phi) is 4.87. The molecule has 8 nitrogen and oxygen atoms in total. The van der Waals surface area contributed by atoms with E-state index in [1.54, 1.807) is 0 Å². The van der Waals surface area contributed by atoms with E-state index in [0.29, 0.717) is 18.7 Å². The van der Waals surface area contributed by atoms with Crippen LogP contribution >= 0.6 is 0 Å². The number of sulfonamides is 2. The molecule has 0 bridgehead atoms. The first-order chi connectivity index (χ1) is 8.18. The lowest BCUT2D eigenvalue weighted by Gasteiger charge is -2.01. The summed E-state index contributed by atoms with van der Waals surface area (Å²) in [5.74, 6) is 0.287. The van der Waals surface area contributed by atoms with E-state index in [9.17, 15) is 16.8 Å². The number of primary sulfonamides is 2. The van der Waals surface area contributed by atoms with Gasteiger partial charge in [-0.2, -0.15) is 0 Å². The van der Waals surface area contributed by atoms with Gasteiger partial charge in [-0.3, -0.25) is 0 Å². The number of nitrogens with two attached hydrogens (primary N) is 2. The van der Waals surface area contributed by atoms with E-state index in [1.807, 2.05) is 0 Å². The second-order valence-electron chi connectivity index (χ2n) is 3.66. The van der Waals surface area contributed by atoms with Gasteiger partial charge >= 0.3 is 0 Å². The zero-order chi connectivity index (χ0) is 13.8. The highest BCUT2D eigenvalue weighted by molar-refractivity contribution is 7.89. The first kappa shape index (κ1) is 15.1. The van der Waals surface area contributed by atoms with E-state index in [-0.39, 0.29) is 17.4 Å². The molecule has 0 radical (unpaired) electrons. The molecular weight excluding hydrogens is 282 g/mol. The fraction of sp³-hybridized carbons (Fsp3) is 0.500. The topological polar surface area (TPSA) is 145 Å². The number of rotatable bonds is 7. The highest BCUT2D eigenvalue weighted by Gasteiger charge is 2.12. The maximum atomic E-state index is 10.9. The molecule has 10 heteroatoms. The predicted molar refractivity (Wildman–Crippen MR) is 64.4 cm³/mol. The molecule has 0 fully saturated rings. The molecule has 0 aromatic carbocycles. The maximum absolute atomic E-state index is 10.9. The minimum absolute atomic E-state index is 0.111. The molecule has 0 aliphatic carbocycles. The molecule has 1 aromatic rings. The van der Waals surface area contributed by atoms with Crippen molar-refractivity contribution in [2.75, 3.05) is 12.3 Å². The molecule has 0 saturated heterocycles. The molecular formula is C8H15N3O5S2. The summed E-state index contributed by atoms with van der Waals surface area (Å²) in [5, 5.41) is 12.3. The fourth-order valence-electron chi connectivity index (χ4n) is 1.22. The van der Waals surface area contributed by atoms with Gasteiger partial charge in [0, 0.05) is 0 Å². The van der Waals surface area contributed by atoms with Gasteiger partial charge in [-0.15, -0.1) is 0 Å². The third-order valence-corrected chi connectivity index (χ3v) is 3.64. The van der Waals surface area contributed by atoms with Crippen molar-refractivity contribution in [3.63, 3.8) is 0 Å². The van der Waals surface area contributed by atoms with Gasteiger partial charge in [0.2, 0.25) is 15.1 Å². The van der Waals surface area contributed by atoms with Crippen molar-refractivity contribution < 1.29 is 21.3 Å². The number of hydrogen-bond acceptors (Lipinski definition) is 6. The summed E-state index contributed by atoms with van der Waals surface area (Å²) < 4.78 is 48.1. The minimum Gasteiger partial charge on any atom is -0.447 e. The first-order valence-corrected chi connectivity index (χ1v) is 8.27. The number of hydrogen-bond donors (Lipinski definition) is 3. The highest BCUT2D eigenvalue weighted by atomic mass is 32.2. The molecule has 0 saturated carbocycles. The summed E-state index contributed by atoms with van der Waals surface area (Å²) in [4.78, 5) is 0. The molecule has 0 aliphatic heterocycles. The van der Waals surface area contributed by atoms with Gasteiger partial charge in [0.25, 0.3) is 10.0 Å². The van der Waals surface area contributed by atoms with Crippen LogP contribution in [0.4, 0.5) is 0 Å². The molecule has 1 rings (SSSR count). The van der Waals surface area contributed by atoms with Crippen LogP contribution in [0.5, 0.6) is 0 Å². The fourth-order valence-corrected chi connectivity index (χ4v) is 2.24. The quantitative estimate of drug-likeness (QED) is 0.533. The standard InChI is InChI=1S/C8H15N3O5S2/c9-17(12,13)5-1-4-11-6-7-2-3-8(16-7)18(10,14)15/h2-3,11H,1,4-6H2,(H2,9,12,13)(H2,10,14,15). The molecule has 0 atom stereocenters. The minimum atomic E-state index is -3.83. The van der Waals surface area contributed by atoms with Crippen LogP contribution in [0.15, 0.2) is 21.6 Å². The lowest BCUT2D eigenvalue weighted by atomic mass is 10.4. The lowest BCUT2D eigenvalue weighted by Crippen LogP contribution is -2.21. The van der Waals surface area contributed by atoms with Crippen molar-refractivity contribution >= 4 is 20.0 Å². The van der Waals surface area contributed by atoms with Crippen LogP contribution in [0.25, 0.3) is 0 Å². The summed E-state index contributed by atoms with van der Waals surface area (Å²) in [7, 11) is -7.27. The molecule has 5 N–H and O–H groups in total. The van der Waals surface area contributed by atoms with Crippen LogP contribution in [-0.4, -0.2) is 29.1 Å². The molecule has 0 spiro atoms. The average Bonchev–Trinajstić information content (AvgIpc) is 2.63. The molecule has 104 valence electrons.